The Balaban J connectivity index is 2.17. The number of aliphatic hydroxyl groups is 1. The van der Waals surface area contributed by atoms with Crippen LogP contribution in [0, 0.1) is 0 Å². The Kier molecular flexibility index (Phi) is 4.57. The molecule has 0 unspecified atom stereocenters. The molecule has 1 heterocycles. The van der Waals surface area contributed by atoms with Gasteiger partial charge in [-0.15, -0.1) is 0 Å². The van der Waals surface area contributed by atoms with Crippen LogP contribution >= 0.6 is 0 Å². The zero-order valence-corrected chi connectivity index (χ0v) is 12.1. The van der Waals surface area contributed by atoms with Crippen molar-refractivity contribution in [2.75, 3.05) is 11.5 Å². The van der Waals surface area contributed by atoms with E-state index in [0.29, 0.717) is 12.4 Å². The van der Waals surface area contributed by atoms with Gasteiger partial charge in [-0.05, 0) is 5.56 Å². The average molecular weight is 294 g/mol. The van der Waals surface area contributed by atoms with Gasteiger partial charge >= 0.3 is 0 Å². The Morgan fingerprint density at radius 3 is 2.65 bits per heavy atom. The van der Waals surface area contributed by atoms with Crippen molar-refractivity contribution >= 4 is 9.84 Å². The minimum Gasteiger partial charge on any atom is -0.380 e. The molecule has 20 heavy (non-hydrogen) atoms. The van der Waals surface area contributed by atoms with Gasteiger partial charge in [-0.1, -0.05) is 37.3 Å². The van der Waals surface area contributed by atoms with Crippen LogP contribution in [0.25, 0.3) is 0 Å². The molecule has 0 saturated carbocycles. The molecule has 0 saturated heterocycles. The second-order valence-corrected chi connectivity index (χ2v) is 7.00. The predicted molar refractivity (Wildman–Crippen MR) is 77.1 cm³/mol. The van der Waals surface area contributed by atoms with E-state index in [0.717, 1.165) is 5.56 Å². The number of nitrogens with zero attached hydrogens (tertiary/aromatic N) is 2. The highest BCUT2D eigenvalue weighted by atomic mass is 32.2. The molecule has 2 aromatic rings. The van der Waals surface area contributed by atoms with Crippen LogP contribution in [-0.4, -0.2) is 34.6 Å². The van der Waals surface area contributed by atoms with Gasteiger partial charge < -0.3 is 9.67 Å². The third-order valence-corrected chi connectivity index (χ3v) is 4.87. The van der Waals surface area contributed by atoms with E-state index in [-0.39, 0.29) is 11.5 Å². The van der Waals surface area contributed by atoms with Crippen LogP contribution < -0.4 is 0 Å². The van der Waals surface area contributed by atoms with Gasteiger partial charge in [-0.25, -0.2) is 13.4 Å². The molecule has 1 aromatic heterocycles. The minimum absolute atomic E-state index is 0.0500. The van der Waals surface area contributed by atoms with Crippen molar-refractivity contribution in [1.82, 2.24) is 9.55 Å². The molecule has 0 aliphatic carbocycles. The Hall–Kier alpha value is -1.66. The summed E-state index contributed by atoms with van der Waals surface area (Å²) in [6, 6.07) is 9.18. The maximum Gasteiger partial charge on any atom is 0.151 e. The summed E-state index contributed by atoms with van der Waals surface area (Å²) in [6.45, 7) is 1.93. The van der Waals surface area contributed by atoms with E-state index in [9.17, 15) is 13.5 Å². The Morgan fingerprint density at radius 2 is 2.00 bits per heavy atom. The largest absolute Gasteiger partial charge is 0.380 e. The zero-order chi connectivity index (χ0) is 14.6. The number of benzene rings is 1. The molecule has 108 valence electrons. The number of aromatic nitrogens is 2. The summed E-state index contributed by atoms with van der Waals surface area (Å²) in [4.78, 5) is 4.14. The summed E-state index contributed by atoms with van der Waals surface area (Å²) in [5.41, 5.74) is 0.735. The van der Waals surface area contributed by atoms with Crippen LogP contribution in [0.15, 0.2) is 42.7 Å². The number of aryl methyl sites for hydroxylation is 1. The normalized spacial score (nSPS) is 13.3. The average Bonchev–Trinajstić information content (AvgIpc) is 2.94. The maximum atomic E-state index is 11.5. The molecule has 0 bridgehead atoms. The standard InChI is InChI=1S/C14H18N2O3S/c1-2-20(18,19)11-10-16-9-8-15-14(16)13(17)12-6-4-3-5-7-12/h3-9,13,17H,2,10-11H2,1H3/t13-/m0/s1. The fraction of sp³-hybridized carbons (Fsp3) is 0.357. The van der Waals surface area contributed by atoms with Gasteiger partial charge in [0.1, 0.15) is 11.9 Å². The van der Waals surface area contributed by atoms with Crippen molar-refractivity contribution in [2.45, 2.75) is 19.6 Å². The Morgan fingerprint density at radius 1 is 1.30 bits per heavy atom. The molecule has 1 atom stereocenters. The van der Waals surface area contributed by atoms with Crippen molar-refractivity contribution in [3.63, 3.8) is 0 Å². The first-order valence-corrected chi connectivity index (χ1v) is 8.30. The van der Waals surface area contributed by atoms with Gasteiger partial charge in [0, 0.05) is 24.7 Å². The number of hydrogen-bond donors (Lipinski definition) is 1. The lowest BCUT2D eigenvalue weighted by atomic mass is 10.1. The second-order valence-electron chi connectivity index (χ2n) is 4.53. The summed E-state index contributed by atoms with van der Waals surface area (Å²) in [6.07, 6.45) is 2.41. The molecule has 0 fully saturated rings. The van der Waals surface area contributed by atoms with Crippen LogP contribution in [0.3, 0.4) is 0 Å². The molecule has 5 nitrogen and oxygen atoms in total. The van der Waals surface area contributed by atoms with E-state index in [1.54, 1.807) is 23.9 Å². The van der Waals surface area contributed by atoms with Crippen LogP contribution in [-0.2, 0) is 16.4 Å². The number of imidazole rings is 1. The fourth-order valence-electron chi connectivity index (χ4n) is 1.92. The van der Waals surface area contributed by atoms with Crippen LogP contribution in [0.4, 0.5) is 0 Å². The quantitative estimate of drug-likeness (QED) is 0.874. The van der Waals surface area contributed by atoms with Crippen molar-refractivity contribution in [3.05, 3.63) is 54.1 Å². The highest BCUT2D eigenvalue weighted by Crippen LogP contribution is 2.20. The van der Waals surface area contributed by atoms with Crippen LogP contribution in [0.5, 0.6) is 0 Å². The number of rotatable bonds is 6. The zero-order valence-electron chi connectivity index (χ0n) is 11.3. The van der Waals surface area contributed by atoms with E-state index in [1.807, 2.05) is 30.3 Å². The van der Waals surface area contributed by atoms with Gasteiger partial charge in [0.15, 0.2) is 9.84 Å². The Labute approximate surface area is 118 Å². The first kappa shape index (κ1) is 14.7. The summed E-state index contributed by atoms with van der Waals surface area (Å²) in [5, 5.41) is 10.3. The minimum atomic E-state index is -3.03. The van der Waals surface area contributed by atoms with Crippen molar-refractivity contribution in [1.29, 1.82) is 0 Å². The number of aliphatic hydroxyl groups excluding tert-OH is 1. The van der Waals surface area contributed by atoms with Crippen molar-refractivity contribution < 1.29 is 13.5 Å². The van der Waals surface area contributed by atoms with E-state index in [1.165, 1.54) is 0 Å². The lowest BCUT2D eigenvalue weighted by Crippen LogP contribution is -2.17. The predicted octanol–water partition coefficient (Wildman–Crippen LogP) is 1.40. The SMILES string of the molecule is CCS(=O)(=O)CCn1ccnc1[C@@H](O)c1ccccc1. The number of sulfone groups is 1. The van der Waals surface area contributed by atoms with Crippen molar-refractivity contribution in [2.24, 2.45) is 0 Å². The highest BCUT2D eigenvalue weighted by Gasteiger charge is 2.17. The van der Waals surface area contributed by atoms with Crippen LogP contribution in [0.2, 0.25) is 0 Å². The molecule has 0 amide bonds. The van der Waals surface area contributed by atoms with E-state index in [2.05, 4.69) is 4.98 Å². The van der Waals surface area contributed by atoms with Crippen LogP contribution in [0.1, 0.15) is 24.4 Å². The highest BCUT2D eigenvalue weighted by molar-refractivity contribution is 7.91. The summed E-state index contributed by atoms with van der Waals surface area (Å²) >= 11 is 0. The van der Waals surface area contributed by atoms with E-state index < -0.39 is 15.9 Å². The monoisotopic (exact) mass is 294 g/mol. The first-order chi connectivity index (χ1) is 9.53. The molecule has 6 heteroatoms. The van der Waals surface area contributed by atoms with Gasteiger partial charge in [-0.3, -0.25) is 0 Å². The molecule has 0 aliphatic heterocycles. The third-order valence-electron chi connectivity index (χ3n) is 3.19. The Bertz CT molecular complexity index is 650. The topological polar surface area (TPSA) is 72.2 Å². The van der Waals surface area contributed by atoms with Gasteiger partial charge in [0.2, 0.25) is 0 Å². The smallest absolute Gasteiger partial charge is 0.151 e. The lowest BCUT2D eigenvalue weighted by molar-refractivity contribution is 0.205. The molecular formula is C14H18N2O3S. The van der Waals surface area contributed by atoms with Gasteiger partial charge in [0.25, 0.3) is 0 Å². The molecule has 0 spiro atoms. The second kappa shape index (κ2) is 6.19. The molecule has 0 radical (unpaired) electrons. The molecule has 1 N–H and O–H groups in total. The third kappa shape index (κ3) is 3.46. The molecular weight excluding hydrogens is 276 g/mol. The van der Waals surface area contributed by atoms with Crippen molar-refractivity contribution in [3.8, 4) is 0 Å². The van der Waals surface area contributed by atoms with E-state index >= 15 is 0 Å². The number of hydrogen-bond acceptors (Lipinski definition) is 4. The summed E-state index contributed by atoms with van der Waals surface area (Å²) < 4.78 is 24.8. The first-order valence-electron chi connectivity index (χ1n) is 6.48. The summed E-state index contributed by atoms with van der Waals surface area (Å²) in [7, 11) is -3.03. The molecule has 0 aliphatic rings. The lowest BCUT2D eigenvalue weighted by Gasteiger charge is -2.13. The fourth-order valence-corrected chi connectivity index (χ4v) is 2.69. The van der Waals surface area contributed by atoms with E-state index in [4.69, 9.17) is 0 Å². The molecule has 2 rings (SSSR count). The molecule has 1 aromatic carbocycles. The maximum absolute atomic E-state index is 11.5. The summed E-state index contributed by atoms with van der Waals surface area (Å²) in [5.74, 6) is 0.634. The van der Waals surface area contributed by atoms with Gasteiger partial charge in [-0.2, -0.15) is 0 Å². The van der Waals surface area contributed by atoms with Gasteiger partial charge in [0.05, 0.1) is 5.75 Å².